The van der Waals surface area contributed by atoms with Crippen LogP contribution in [0.3, 0.4) is 0 Å². The summed E-state index contributed by atoms with van der Waals surface area (Å²) in [6.45, 7) is 5.30. The molecule has 1 heterocycles. The Labute approximate surface area is 125 Å². The van der Waals surface area contributed by atoms with E-state index < -0.39 is 6.10 Å². The summed E-state index contributed by atoms with van der Waals surface area (Å²) in [6, 6.07) is 5.46. The lowest BCUT2D eigenvalue weighted by atomic mass is 10.1. The van der Waals surface area contributed by atoms with Crippen LogP contribution in [-0.4, -0.2) is 44.7 Å². The number of ether oxygens (including phenoxy) is 4. The molecule has 5 nitrogen and oxygen atoms in total. The fourth-order valence-electron chi connectivity index (χ4n) is 2.02. The van der Waals surface area contributed by atoms with E-state index in [9.17, 15) is 5.11 Å². The number of fused-ring (bicyclic) bond motifs is 1. The van der Waals surface area contributed by atoms with Gasteiger partial charge in [0.15, 0.2) is 11.5 Å². The van der Waals surface area contributed by atoms with Crippen LogP contribution in [0.1, 0.15) is 31.4 Å². The van der Waals surface area contributed by atoms with Crippen molar-refractivity contribution in [3.8, 4) is 11.5 Å². The van der Waals surface area contributed by atoms with Gasteiger partial charge < -0.3 is 24.1 Å². The predicted octanol–water partition coefficient (Wildman–Crippen LogP) is 2.32. The highest BCUT2D eigenvalue weighted by molar-refractivity contribution is 5.44. The van der Waals surface area contributed by atoms with E-state index in [1.807, 2.05) is 12.1 Å². The normalized spacial score (nSPS) is 15.0. The zero-order valence-corrected chi connectivity index (χ0v) is 12.5. The number of benzene rings is 1. The SMILES string of the molecule is CCCCOCCOCC(O)c1ccc2c(c1)OCCO2. The maximum absolute atomic E-state index is 10.1. The minimum Gasteiger partial charge on any atom is -0.486 e. The second-order valence-electron chi connectivity index (χ2n) is 4.96. The van der Waals surface area contributed by atoms with Gasteiger partial charge in [-0.15, -0.1) is 0 Å². The lowest BCUT2D eigenvalue weighted by Gasteiger charge is -2.20. The molecule has 0 radical (unpaired) electrons. The van der Waals surface area contributed by atoms with Gasteiger partial charge in [-0.1, -0.05) is 19.4 Å². The summed E-state index contributed by atoms with van der Waals surface area (Å²) in [5, 5.41) is 10.1. The molecule has 0 spiro atoms. The van der Waals surface area contributed by atoms with Crippen LogP contribution >= 0.6 is 0 Å². The molecule has 1 aliphatic heterocycles. The van der Waals surface area contributed by atoms with Crippen molar-refractivity contribution in [1.82, 2.24) is 0 Å². The maximum Gasteiger partial charge on any atom is 0.161 e. The lowest BCUT2D eigenvalue weighted by molar-refractivity contribution is 0.00262. The molecule has 5 heteroatoms. The quantitative estimate of drug-likeness (QED) is 0.709. The van der Waals surface area contributed by atoms with Crippen LogP contribution < -0.4 is 9.47 Å². The fraction of sp³-hybridized carbons (Fsp3) is 0.625. The van der Waals surface area contributed by atoms with Crippen molar-refractivity contribution >= 4 is 0 Å². The number of hydrogen-bond donors (Lipinski definition) is 1. The molecule has 0 aromatic heterocycles. The van der Waals surface area contributed by atoms with Crippen molar-refractivity contribution in [1.29, 1.82) is 0 Å². The van der Waals surface area contributed by atoms with Crippen LogP contribution in [0.15, 0.2) is 18.2 Å². The summed E-state index contributed by atoms with van der Waals surface area (Å²) in [4.78, 5) is 0. The highest BCUT2D eigenvalue weighted by atomic mass is 16.6. The van der Waals surface area contributed by atoms with Gasteiger partial charge in [0.05, 0.1) is 19.8 Å². The van der Waals surface area contributed by atoms with Crippen molar-refractivity contribution in [3.63, 3.8) is 0 Å². The number of aliphatic hydroxyl groups excluding tert-OH is 1. The number of unbranched alkanes of at least 4 members (excludes halogenated alkanes) is 1. The molecule has 1 aromatic carbocycles. The summed E-state index contributed by atoms with van der Waals surface area (Å²) in [7, 11) is 0. The Morgan fingerprint density at radius 3 is 2.67 bits per heavy atom. The van der Waals surface area contributed by atoms with E-state index in [0.29, 0.717) is 32.2 Å². The third-order valence-electron chi connectivity index (χ3n) is 3.24. The van der Waals surface area contributed by atoms with Gasteiger partial charge in [-0.25, -0.2) is 0 Å². The van der Waals surface area contributed by atoms with E-state index in [1.54, 1.807) is 6.07 Å². The molecule has 2 rings (SSSR count). The Morgan fingerprint density at radius 1 is 1.10 bits per heavy atom. The lowest BCUT2D eigenvalue weighted by Crippen LogP contribution is -2.16. The van der Waals surface area contributed by atoms with Crippen LogP contribution in [0.25, 0.3) is 0 Å². The minimum absolute atomic E-state index is 0.247. The van der Waals surface area contributed by atoms with Crippen LogP contribution in [0, 0.1) is 0 Å². The van der Waals surface area contributed by atoms with Crippen molar-refractivity contribution in [3.05, 3.63) is 23.8 Å². The standard InChI is InChI=1S/C16H24O5/c1-2-3-6-18-7-8-19-12-14(17)13-4-5-15-16(11-13)21-10-9-20-15/h4-5,11,14,17H,2-3,6-10,12H2,1H3. The van der Waals surface area contributed by atoms with Gasteiger partial charge in [-0.05, 0) is 24.1 Å². The van der Waals surface area contributed by atoms with Gasteiger partial charge in [-0.2, -0.15) is 0 Å². The van der Waals surface area contributed by atoms with Crippen LogP contribution in [0.4, 0.5) is 0 Å². The Balaban J connectivity index is 1.69. The maximum atomic E-state index is 10.1. The zero-order chi connectivity index (χ0) is 14.9. The highest BCUT2D eigenvalue weighted by Gasteiger charge is 2.15. The molecule has 0 fully saturated rings. The van der Waals surface area contributed by atoms with Gasteiger partial charge in [-0.3, -0.25) is 0 Å². The average molecular weight is 296 g/mol. The Kier molecular flexibility index (Phi) is 6.79. The third kappa shape index (κ3) is 5.19. The molecule has 0 amide bonds. The zero-order valence-electron chi connectivity index (χ0n) is 12.5. The molecular formula is C16H24O5. The van der Waals surface area contributed by atoms with Crippen LogP contribution in [0.2, 0.25) is 0 Å². The van der Waals surface area contributed by atoms with E-state index in [2.05, 4.69) is 6.92 Å². The molecule has 0 aliphatic carbocycles. The first-order chi connectivity index (χ1) is 10.3. The van der Waals surface area contributed by atoms with Gasteiger partial charge in [0.2, 0.25) is 0 Å². The molecule has 21 heavy (non-hydrogen) atoms. The molecule has 0 saturated heterocycles. The number of hydrogen-bond acceptors (Lipinski definition) is 5. The van der Waals surface area contributed by atoms with Crippen LogP contribution in [-0.2, 0) is 9.47 Å². The van der Waals surface area contributed by atoms with Gasteiger partial charge in [0.25, 0.3) is 0 Å². The summed E-state index contributed by atoms with van der Waals surface area (Å²) >= 11 is 0. The van der Waals surface area contributed by atoms with E-state index in [1.165, 1.54) is 0 Å². The number of aliphatic hydroxyl groups is 1. The molecule has 1 N–H and O–H groups in total. The van der Waals surface area contributed by atoms with Crippen molar-refractivity contribution in [2.75, 3.05) is 39.6 Å². The molecular weight excluding hydrogens is 272 g/mol. The summed E-state index contributed by atoms with van der Waals surface area (Å²) in [5.41, 5.74) is 0.770. The van der Waals surface area contributed by atoms with E-state index >= 15 is 0 Å². The topological polar surface area (TPSA) is 57.2 Å². The second-order valence-corrected chi connectivity index (χ2v) is 4.96. The average Bonchev–Trinajstić information content (AvgIpc) is 2.53. The molecule has 1 unspecified atom stereocenters. The van der Waals surface area contributed by atoms with Gasteiger partial charge >= 0.3 is 0 Å². The fourth-order valence-corrected chi connectivity index (χ4v) is 2.02. The van der Waals surface area contributed by atoms with E-state index in [0.717, 1.165) is 30.8 Å². The Bertz CT molecular complexity index is 421. The molecule has 1 aromatic rings. The third-order valence-corrected chi connectivity index (χ3v) is 3.24. The monoisotopic (exact) mass is 296 g/mol. The van der Waals surface area contributed by atoms with Crippen molar-refractivity contribution in [2.24, 2.45) is 0 Å². The summed E-state index contributed by atoms with van der Waals surface area (Å²) in [5.74, 6) is 1.41. The molecule has 118 valence electrons. The van der Waals surface area contributed by atoms with Crippen molar-refractivity contribution in [2.45, 2.75) is 25.9 Å². The first kappa shape index (κ1) is 16.1. The van der Waals surface area contributed by atoms with Crippen LogP contribution in [0.5, 0.6) is 11.5 Å². The molecule has 0 bridgehead atoms. The Morgan fingerprint density at radius 2 is 1.86 bits per heavy atom. The van der Waals surface area contributed by atoms with Crippen molar-refractivity contribution < 1.29 is 24.1 Å². The largest absolute Gasteiger partial charge is 0.486 e. The Hall–Kier alpha value is -1.30. The highest BCUT2D eigenvalue weighted by Crippen LogP contribution is 2.32. The van der Waals surface area contributed by atoms with Gasteiger partial charge in [0.1, 0.15) is 19.3 Å². The molecule has 1 atom stereocenters. The number of rotatable bonds is 9. The first-order valence-electron chi connectivity index (χ1n) is 7.54. The summed E-state index contributed by atoms with van der Waals surface area (Å²) in [6.07, 6.45) is 1.53. The molecule has 1 aliphatic rings. The second kappa shape index (κ2) is 8.87. The van der Waals surface area contributed by atoms with Gasteiger partial charge in [0, 0.05) is 6.61 Å². The smallest absolute Gasteiger partial charge is 0.161 e. The molecule has 0 saturated carbocycles. The first-order valence-corrected chi connectivity index (χ1v) is 7.54. The van der Waals surface area contributed by atoms with E-state index in [-0.39, 0.29) is 6.61 Å². The predicted molar refractivity (Wildman–Crippen MR) is 78.9 cm³/mol. The summed E-state index contributed by atoms with van der Waals surface area (Å²) < 4.78 is 21.8. The minimum atomic E-state index is -0.670. The van der Waals surface area contributed by atoms with E-state index in [4.69, 9.17) is 18.9 Å².